The van der Waals surface area contributed by atoms with E-state index in [4.69, 9.17) is 0 Å². The van der Waals surface area contributed by atoms with E-state index in [0.717, 1.165) is 5.39 Å². The second-order valence-electron chi connectivity index (χ2n) is 4.33. The van der Waals surface area contributed by atoms with Crippen molar-refractivity contribution in [1.82, 2.24) is 0 Å². The van der Waals surface area contributed by atoms with Gasteiger partial charge in [-0.05, 0) is 16.9 Å². The minimum absolute atomic E-state index is 0.0330. The van der Waals surface area contributed by atoms with Gasteiger partial charge in [-0.3, -0.25) is 4.55 Å². The van der Waals surface area contributed by atoms with Crippen molar-refractivity contribution in [3.8, 4) is 0 Å². The van der Waals surface area contributed by atoms with E-state index in [0.29, 0.717) is 10.9 Å². The van der Waals surface area contributed by atoms with Gasteiger partial charge in [0, 0.05) is 5.39 Å². The first-order valence-electron chi connectivity index (χ1n) is 5.40. The molecule has 3 nitrogen and oxygen atoms in total. The molecule has 0 unspecified atom stereocenters. The maximum absolute atomic E-state index is 11.5. The highest BCUT2D eigenvalue weighted by atomic mass is 32.2. The molecule has 2 rings (SSSR count). The molecule has 0 aliphatic rings. The van der Waals surface area contributed by atoms with E-state index >= 15 is 0 Å². The summed E-state index contributed by atoms with van der Waals surface area (Å²) in [6.45, 7) is 3.80. The van der Waals surface area contributed by atoms with E-state index in [-0.39, 0.29) is 10.8 Å². The molecule has 2 aromatic rings. The predicted molar refractivity (Wildman–Crippen MR) is 67.9 cm³/mol. The van der Waals surface area contributed by atoms with Crippen molar-refractivity contribution in [2.75, 3.05) is 0 Å². The molecule has 0 saturated carbocycles. The summed E-state index contributed by atoms with van der Waals surface area (Å²) in [6, 6.07) is 10.8. The number of fused-ring (bicyclic) bond motifs is 1. The van der Waals surface area contributed by atoms with Gasteiger partial charge in [0.2, 0.25) is 0 Å². The first-order chi connectivity index (χ1) is 7.91. The fourth-order valence-corrected chi connectivity index (χ4v) is 3.07. The summed E-state index contributed by atoms with van der Waals surface area (Å²) in [5.41, 5.74) is 0.645. The van der Waals surface area contributed by atoms with Gasteiger partial charge in [0.25, 0.3) is 10.1 Å². The van der Waals surface area contributed by atoms with Crippen LogP contribution in [-0.4, -0.2) is 13.0 Å². The van der Waals surface area contributed by atoms with Gasteiger partial charge in [0.05, 0.1) is 0 Å². The normalized spacial score (nSPS) is 12.2. The predicted octanol–water partition coefficient (Wildman–Crippen LogP) is 3.21. The Hall–Kier alpha value is -1.39. The van der Waals surface area contributed by atoms with Crippen molar-refractivity contribution in [1.29, 1.82) is 0 Å². The zero-order valence-corrected chi connectivity index (χ0v) is 10.5. The van der Waals surface area contributed by atoms with Gasteiger partial charge >= 0.3 is 0 Å². The molecule has 1 N–H and O–H groups in total. The van der Waals surface area contributed by atoms with Crippen LogP contribution in [-0.2, 0) is 10.1 Å². The van der Waals surface area contributed by atoms with Crippen LogP contribution in [0.25, 0.3) is 10.8 Å². The monoisotopic (exact) mass is 250 g/mol. The molecule has 0 atom stereocenters. The molecule has 0 radical (unpaired) electrons. The average molecular weight is 250 g/mol. The standard InChI is InChI=1S/C13H14O3S/c1-9(2)11-8-7-10-5-3-4-6-12(10)13(11)17(14,15)16/h3-9H,1-2H3,(H,14,15,16). The third kappa shape index (κ3) is 2.18. The average Bonchev–Trinajstić information content (AvgIpc) is 2.26. The van der Waals surface area contributed by atoms with Crippen LogP contribution in [0.4, 0.5) is 0 Å². The molecule has 0 aliphatic carbocycles. The van der Waals surface area contributed by atoms with Gasteiger partial charge in [-0.15, -0.1) is 0 Å². The van der Waals surface area contributed by atoms with Crippen LogP contribution in [0, 0.1) is 0 Å². The molecule has 4 heteroatoms. The molecule has 0 heterocycles. The molecule has 0 bridgehead atoms. The molecular weight excluding hydrogens is 236 g/mol. The summed E-state index contributed by atoms with van der Waals surface area (Å²) in [6.07, 6.45) is 0. The van der Waals surface area contributed by atoms with Crippen LogP contribution >= 0.6 is 0 Å². The van der Waals surface area contributed by atoms with Crippen LogP contribution in [0.1, 0.15) is 25.3 Å². The van der Waals surface area contributed by atoms with Crippen molar-refractivity contribution < 1.29 is 13.0 Å². The third-order valence-electron chi connectivity index (χ3n) is 2.79. The smallest absolute Gasteiger partial charge is 0.282 e. The highest BCUT2D eigenvalue weighted by Gasteiger charge is 2.20. The van der Waals surface area contributed by atoms with Gasteiger partial charge in [-0.1, -0.05) is 50.2 Å². The zero-order valence-electron chi connectivity index (χ0n) is 9.71. The van der Waals surface area contributed by atoms with E-state index in [1.54, 1.807) is 18.2 Å². The number of benzene rings is 2. The number of hydrogen-bond acceptors (Lipinski definition) is 2. The summed E-state index contributed by atoms with van der Waals surface area (Å²) in [5.74, 6) is 0.0385. The molecule has 0 amide bonds. The molecule has 90 valence electrons. The van der Waals surface area contributed by atoms with Gasteiger partial charge in [-0.25, -0.2) is 0 Å². The van der Waals surface area contributed by atoms with Crippen molar-refractivity contribution in [3.63, 3.8) is 0 Å². The van der Waals surface area contributed by atoms with Gasteiger partial charge in [0.15, 0.2) is 0 Å². The number of rotatable bonds is 2. The first-order valence-corrected chi connectivity index (χ1v) is 6.84. The minimum Gasteiger partial charge on any atom is -0.282 e. The van der Waals surface area contributed by atoms with Crippen molar-refractivity contribution in [2.45, 2.75) is 24.7 Å². The molecule has 0 aromatic heterocycles. The maximum Gasteiger partial charge on any atom is 0.295 e. The molecule has 0 aliphatic heterocycles. The zero-order chi connectivity index (χ0) is 12.6. The van der Waals surface area contributed by atoms with E-state index < -0.39 is 10.1 Å². The fourth-order valence-electron chi connectivity index (χ4n) is 2.00. The Morgan fingerprint density at radius 3 is 2.29 bits per heavy atom. The summed E-state index contributed by atoms with van der Waals surface area (Å²) in [5, 5.41) is 1.38. The lowest BCUT2D eigenvalue weighted by molar-refractivity contribution is 0.482. The third-order valence-corrected chi connectivity index (χ3v) is 3.76. The highest BCUT2D eigenvalue weighted by molar-refractivity contribution is 7.86. The lowest BCUT2D eigenvalue weighted by Gasteiger charge is -2.13. The lowest BCUT2D eigenvalue weighted by Crippen LogP contribution is -2.05. The van der Waals surface area contributed by atoms with Crippen molar-refractivity contribution >= 4 is 20.9 Å². The Balaban J connectivity index is 2.95. The van der Waals surface area contributed by atoms with Crippen LogP contribution < -0.4 is 0 Å². The largest absolute Gasteiger partial charge is 0.295 e. The quantitative estimate of drug-likeness (QED) is 0.833. The Bertz CT molecular complexity index is 657. The summed E-state index contributed by atoms with van der Waals surface area (Å²) in [4.78, 5) is 0.0330. The Morgan fingerprint density at radius 2 is 1.71 bits per heavy atom. The van der Waals surface area contributed by atoms with Crippen LogP contribution in [0.3, 0.4) is 0 Å². The lowest BCUT2D eigenvalue weighted by atomic mass is 9.99. The summed E-state index contributed by atoms with van der Waals surface area (Å²) < 4.78 is 32.4. The fraction of sp³-hybridized carbons (Fsp3) is 0.231. The minimum atomic E-state index is -4.21. The summed E-state index contributed by atoms with van der Waals surface area (Å²) in [7, 11) is -4.21. The van der Waals surface area contributed by atoms with E-state index in [9.17, 15) is 13.0 Å². The maximum atomic E-state index is 11.5. The van der Waals surface area contributed by atoms with Gasteiger partial charge in [-0.2, -0.15) is 8.42 Å². The van der Waals surface area contributed by atoms with E-state index in [2.05, 4.69) is 0 Å². The molecule has 0 spiro atoms. The van der Waals surface area contributed by atoms with Crippen molar-refractivity contribution in [2.24, 2.45) is 0 Å². The first kappa shape index (κ1) is 12.1. The summed E-state index contributed by atoms with van der Waals surface area (Å²) >= 11 is 0. The molecule has 17 heavy (non-hydrogen) atoms. The molecule has 2 aromatic carbocycles. The molecular formula is C13H14O3S. The molecule has 0 fully saturated rings. The topological polar surface area (TPSA) is 54.4 Å². The van der Waals surface area contributed by atoms with Gasteiger partial charge in [0.1, 0.15) is 4.90 Å². The molecule has 0 saturated heterocycles. The van der Waals surface area contributed by atoms with Gasteiger partial charge < -0.3 is 0 Å². The van der Waals surface area contributed by atoms with Crippen LogP contribution in [0.2, 0.25) is 0 Å². The van der Waals surface area contributed by atoms with Crippen molar-refractivity contribution in [3.05, 3.63) is 42.0 Å². The highest BCUT2D eigenvalue weighted by Crippen LogP contribution is 2.31. The van der Waals surface area contributed by atoms with E-state index in [1.807, 2.05) is 32.0 Å². The number of hydrogen-bond donors (Lipinski definition) is 1. The van der Waals surface area contributed by atoms with Crippen LogP contribution in [0.5, 0.6) is 0 Å². The second kappa shape index (κ2) is 4.13. The van der Waals surface area contributed by atoms with E-state index in [1.165, 1.54) is 0 Å². The SMILES string of the molecule is CC(C)c1ccc2ccccc2c1S(=O)(=O)O. The Morgan fingerprint density at radius 1 is 1.06 bits per heavy atom. The van der Waals surface area contributed by atoms with Crippen LogP contribution in [0.15, 0.2) is 41.3 Å². The Kier molecular flexibility index (Phi) is 2.93. The second-order valence-corrected chi connectivity index (χ2v) is 5.69. The Labute approximate surface area is 101 Å².